The summed E-state index contributed by atoms with van der Waals surface area (Å²) in [6.45, 7) is 5.33. The third kappa shape index (κ3) is 6.78. The van der Waals surface area contributed by atoms with Crippen molar-refractivity contribution in [2.24, 2.45) is 5.41 Å². The summed E-state index contributed by atoms with van der Waals surface area (Å²) in [5, 5.41) is 15.2. The molecule has 1 aliphatic carbocycles. The van der Waals surface area contributed by atoms with Gasteiger partial charge in [0.25, 0.3) is 0 Å². The zero-order chi connectivity index (χ0) is 14.3. The number of carbonyl (C=O) groups excluding carboxylic acids is 1. The van der Waals surface area contributed by atoms with Gasteiger partial charge in [0, 0.05) is 19.7 Å². The molecule has 112 valence electrons. The van der Waals surface area contributed by atoms with Crippen molar-refractivity contribution in [1.82, 2.24) is 10.6 Å². The lowest BCUT2D eigenvalue weighted by Gasteiger charge is -2.34. The fraction of sp³-hybridized carbons (Fsp3) is 0.929. The number of aliphatic hydroxyl groups is 1. The van der Waals surface area contributed by atoms with E-state index in [9.17, 15) is 9.90 Å². The van der Waals surface area contributed by atoms with E-state index in [0.29, 0.717) is 25.0 Å². The van der Waals surface area contributed by atoms with E-state index in [4.69, 9.17) is 4.74 Å². The highest BCUT2D eigenvalue weighted by molar-refractivity contribution is 5.74. The van der Waals surface area contributed by atoms with E-state index in [1.54, 1.807) is 7.11 Å². The second-order valence-corrected chi connectivity index (χ2v) is 6.24. The second kappa shape index (κ2) is 7.70. The van der Waals surface area contributed by atoms with Crippen molar-refractivity contribution in [3.63, 3.8) is 0 Å². The summed E-state index contributed by atoms with van der Waals surface area (Å²) in [6, 6.07) is 0.159. The van der Waals surface area contributed by atoms with Gasteiger partial charge in [-0.25, -0.2) is 4.79 Å². The van der Waals surface area contributed by atoms with Crippen molar-refractivity contribution in [1.29, 1.82) is 0 Å². The Morgan fingerprint density at radius 1 is 1.42 bits per heavy atom. The average molecular weight is 272 g/mol. The predicted octanol–water partition coefficient (Wildman–Crippen LogP) is 1.65. The van der Waals surface area contributed by atoms with E-state index < -0.39 is 6.10 Å². The van der Waals surface area contributed by atoms with Gasteiger partial charge in [0.15, 0.2) is 0 Å². The van der Waals surface area contributed by atoms with Crippen LogP contribution in [0.15, 0.2) is 0 Å². The van der Waals surface area contributed by atoms with Crippen LogP contribution in [0.2, 0.25) is 0 Å². The van der Waals surface area contributed by atoms with Gasteiger partial charge in [-0.3, -0.25) is 0 Å². The van der Waals surface area contributed by atoms with Crippen molar-refractivity contribution in [3.05, 3.63) is 0 Å². The summed E-state index contributed by atoms with van der Waals surface area (Å²) >= 11 is 0. The van der Waals surface area contributed by atoms with Crippen LogP contribution in [0.5, 0.6) is 0 Å². The molecule has 1 aliphatic rings. The maximum Gasteiger partial charge on any atom is 0.315 e. The zero-order valence-corrected chi connectivity index (χ0v) is 12.4. The number of rotatable bonds is 6. The first kappa shape index (κ1) is 16.2. The third-order valence-corrected chi connectivity index (χ3v) is 3.80. The molecule has 0 spiro atoms. The third-order valence-electron chi connectivity index (χ3n) is 3.80. The lowest BCUT2D eigenvalue weighted by molar-refractivity contribution is 0.0598. The molecule has 5 heteroatoms. The lowest BCUT2D eigenvalue weighted by atomic mass is 9.76. The predicted molar refractivity (Wildman–Crippen MR) is 75.1 cm³/mol. The summed E-state index contributed by atoms with van der Waals surface area (Å²) in [6.07, 6.45) is 4.41. The first-order chi connectivity index (χ1) is 8.93. The first-order valence-corrected chi connectivity index (χ1v) is 7.14. The largest absolute Gasteiger partial charge is 0.391 e. The molecule has 0 unspecified atom stereocenters. The van der Waals surface area contributed by atoms with Gasteiger partial charge in [-0.2, -0.15) is 0 Å². The van der Waals surface area contributed by atoms with Crippen LogP contribution in [0.25, 0.3) is 0 Å². The van der Waals surface area contributed by atoms with E-state index >= 15 is 0 Å². The maximum atomic E-state index is 11.7. The van der Waals surface area contributed by atoms with Crippen molar-refractivity contribution < 1.29 is 14.6 Å². The Labute approximate surface area is 116 Å². The molecule has 0 bridgehead atoms. The van der Waals surface area contributed by atoms with Gasteiger partial charge < -0.3 is 20.5 Å². The summed E-state index contributed by atoms with van der Waals surface area (Å²) in [5.74, 6) is 0. The quantitative estimate of drug-likeness (QED) is 0.688. The number of urea groups is 1. The molecule has 0 aromatic carbocycles. The highest BCUT2D eigenvalue weighted by Gasteiger charge is 2.27. The molecule has 1 atom stereocenters. The Kier molecular flexibility index (Phi) is 6.58. The van der Waals surface area contributed by atoms with E-state index in [1.807, 2.05) is 0 Å². The highest BCUT2D eigenvalue weighted by atomic mass is 16.5. The highest BCUT2D eigenvalue weighted by Crippen LogP contribution is 2.34. The minimum absolute atomic E-state index is 0.130. The zero-order valence-electron chi connectivity index (χ0n) is 12.4. The SMILES string of the molecule is COC[C@@H](O)CCNC(=O)NC1CCC(C)(C)CC1. The first-order valence-electron chi connectivity index (χ1n) is 7.14. The van der Waals surface area contributed by atoms with E-state index in [1.165, 1.54) is 0 Å². The van der Waals surface area contributed by atoms with Gasteiger partial charge >= 0.3 is 6.03 Å². The number of hydrogen-bond donors (Lipinski definition) is 3. The molecule has 0 saturated heterocycles. The Balaban J connectivity index is 2.11. The topological polar surface area (TPSA) is 70.6 Å². The minimum Gasteiger partial charge on any atom is -0.391 e. The number of carbonyl (C=O) groups is 1. The normalized spacial score (nSPS) is 20.8. The smallest absolute Gasteiger partial charge is 0.315 e. The number of nitrogens with one attached hydrogen (secondary N) is 2. The number of aliphatic hydroxyl groups excluding tert-OH is 1. The Morgan fingerprint density at radius 2 is 2.05 bits per heavy atom. The van der Waals surface area contributed by atoms with Crippen LogP contribution in [-0.2, 0) is 4.74 Å². The Morgan fingerprint density at radius 3 is 2.63 bits per heavy atom. The van der Waals surface area contributed by atoms with Gasteiger partial charge in [-0.15, -0.1) is 0 Å². The molecule has 19 heavy (non-hydrogen) atoms. The van der Waals surface area contributed by atoms with Crippen molar-refractivity contribution in [2.45, 2.75) is 58.1 Å². The molecular weight excluding hydrogens is 244 g/mol. The van der Waals surface area contributed by atoms with Crippen molar-refractivity contribution in [2.75, 3.05) is 20.3 Å². The standard InChI is InChI=1S/C14H28N2O3/c1-14(2)7-4-11(5-8-14)16-13(18)15-9-6-12(17)10-19-3/h11-12,17H,4-10H2,1-3H3,(H2,15,16,18)/t12-/m0/s1. The number of ether oxygens (including phenoxy) is 1. The van der Waals surface area contributed by atoms with E-state index in [-0.39, 0.29) is 12.1 Å². The van der Waals surface area contributed by atoms with Crippen LogP contribution in [0, 0.1) is 5.41 Å². The van der Waals surface area contributed by atoms with Gasteiger partial charge in [0.2, 0.25) is 0 Å². The molecule has 5 nitrogen and oxygen atoms in total. The van der Waals surface area contributed by atoms with Crippen LogP contribution in [-0.4, -0.2) is 43.5 Å². The van der Waals surface area contributed by atoms with Crippen LogP contribution in [0.4, 0.5) is 4.79 Å². The molecule has 0 radical (unpaired) electrons. The molecule has 0 heterocycles. The second-order valence-electron chi connectivity index (χ2n) is 6.24. The molecule has 1 fully saturated rings. The molecule has 0 aromatic rings. The van der Waals surface area contributed by atoms with Gasteiger partial charge in [-0.1, -0.05) is 13.8 Å². The molecule has 0 aromatic heterocycles. The fourth-order valence-electron chi connectivity index (χ4n) is 2.41. The number of amides is 2. The Hall–Kier alpha value is -0.810. The van der Waals surface area contributed by atoms with Gasteiger partial charge in [-0.05, 0) is 37.5 Å². The number of hydrogen-bond acceptors (Lipinski definition) is 3. The number of methoxy groups -OCH3 is 1. The fourth-order valence-corrected chi connectivity index (χ4v) is 2.41. The van der Waals surface area contributed by atoms with Crippen LogP contribution in [0.3, 0.4) is 0 Å². The molecule has 0 aliphatic heterocycles. The van der Waals surface area contributed by atoms with Gasteiger partial charge in [0.05, 0.1) is 12.7 Å². The molecule has 1 saturated carbocycles. The summed E-state index contributed by atoms with van der Waals surface area (Å²) in [7, 11) is 1.55. The molecular formula is C14H28N2O3. The van der Waals surface area contributed by atoms with E-state index in [2.05, 4.69) is 24.5 Å². The summed E-state index contributed by atoms with van der Waals surface area (Å²) < 4.78 is 4.82. The van der Waals surface area contributed by atoms with Crippen molar-refractivity contribution in [3.8, 4) is 0 Å². The summed E-state index contributed by atoms with van der Waals surface area (Å²) in [5.41, 5.74) is 0.416. The van der Waals surface area contributed by atoms with Crippen LogP contribution in [0.1, 0.15) is 46.0 Å². The van der Waals surface area contributed by atoms with Crippen LogP contribution < -0.4 is 10.6 Å². The monoisotopic (exact) mass is 272 g/mol. The molecule has 2 amide bonds. The minimum atomic E-state index is -0.513. The average Bonchev–Trinajstić information content (AvgIpc) is 2.32. The Bertz CT molecular complexity index is 272. The van der Waals surface area contributed by atoms with Crippen molar-refractivity contribution >= 4 is 6.03 Å². The lowest BCUT2D eigenvalue weighted by Crippen LogP contribution is -2.45. The van der Waals surface area contributed by atoms with Crippen LogP contribution >= 0.6 is 0 Å². The molecule has 1 rings (SSSR count). The van der Waals surface area contributed by atoms with E-state index in [0.717, 1.165) is 25.7 Å². The molecule has 3 N–H and O–H groups in total. The van der Waals surface area contributed by atoms with Gasteiger partial charge in [0.1, 0.15) is 0 Å². The maximum absolute atomic E-state index is 11.7. The summed E-state index contributed by atoms with van der Waals surface area (Å²) in [4.78, 5) is 11.7.